The van der Waals surface area contributed by atoms with Crippen molar-refractivity contribution in [2.24, 2.45) is 0 Å². The van der Waals surface area contributed by atoms with Crippen molar-refractivity contribution in [2.75, 3.05) is 10.6 Å². The summed E-state index contributed by atoms with van der Waals surface area (Å²) in [7, 11) is 0. The van der Waals surface area contributed by atoms with E-state index in [1.165, 1.54) is 30.4 Å². The zero-order valence-electron chi connectivity index (χ0n) is 17.6. The largest absolute Gasteiger partial charge is 0.326 e. The Labute approximate surface area is 191 Å². The number of rotatable bonds is 4. The molecular formula is C23H17FN6O2S. The molecule has 33 heavy (non-hydrogen) atoms. The second-order valence-electron chi connectivity index (χ2n) is 7.44. The van der Waals surface area contributed by atoms with E-state index in [0.717, 1.165) is 11.3 Å². The van der Waals surface area contributed by atoms with Crippen molar-refractivity contribution in [3.05, 3.63) is 71.0 Å². The minimum Gasteiger partial charge on any atom is -0.326 e. The van der Waals surface area contributed by atoms with E-state index in [-0.39, 0.29) is 11.9 Å². The summed E-state index contributed by atoms with van der Waals surface area (Å²) in [5.41, 5.74) is 3.84. The number of pyridine rings is 1. The number of aromatic nitrogens is 4. The molecule has 2 amide bonds. The number of benzene rings is 2. The van der Waals surface area contributed by atoms with Crippen molar-refractivity contribution in [1.82, 2.24) is 19.6 Å². The number of carbonyl (C=O) groups excluding carboxylic acids is 2. The van der Waals surface area contributed by atoms with Gasteiger partial charge >= 0.3 is 0 Å². The Morgan fingerprint density at radius 1 is 1.03 bits per heavy atom. The van der Waals surface area contributed by atoms with Crippen LogP contribution in [-0.4, -0.2) is 31.4 Å². The fraction of sp³-hybridized carbons (Fsp3) is 0.0870. The third-order valence-corrected chi connectivity index (χ3v) is 5.77. The van der Waals surface area contributed by atoms with Gasteiger partial charge in [0.25, 0.3) is 11.9 Å². The molecule has 0 saturated carbocycles. The van der Waals surface area contributed by atoms with Crippen molar-refractivity contribution < 1.29 is 14.0 Å². The lowest BCUT2D eigenvalue weighted by molar-refractivity contribution is -0.114. The van der Waals surface area contributed by atoms with Gasteiger partial charge in [-0.05, 0) is 43.3 Å². The van der Waals surface area contributed by atoms with Crippen molar-refractivity contribution in [3.8, 4) is 11.3 Å². The second kappa shape index (κ2) is 8.06. The van der Waals surface area contributed by atoms with Gasteiger partial charge in [0.15, 0.2) is 0 Å². The van der Waals surface area contributed by atoms with Gasteiger partial charge in [-0.3, -0.25) is 19.9 Å². The monoisotopic (exact) mass is 460 g/mol. The number of hydrogen-bond acceptors (Lipinski definition) is 6. The molecule has 5 rings (SSSR count). The van der Waals surface area contributed by atoms with Gasteiger partial charge in [-0.2, -0.15) is 4.98 Å². The highest BCUT2D eigenvalue weighted by Gasteiger charge is 2.17. The van der Waals surface area contributed by atoms with Crippen LogP contribution in [0.1, 0.15) is 23.0 Å². The topological polar surface area (TPSA) is 101 Å². The van der Waals surface area contributed by atoms with Crippen LogP contribution >= 0.6 is 11.3 Å². The molecule has 164 valence electrons. The number of hydrogen-bond donors (Lipinski definition) is 2. The molecule has 0 aliphatic carbocycles. The number of nitrogens with one attached hydrogen (secondary N) is 2. The van der Waals surface area contributed by atoms with Gasteiger partial charge in [-0.15, -0.1) is 16.4 Å². The summed E-state index contributed by atoms with van der Waals surface area (Å²) in [6.07, 6.45) is 0. The summed E-state index contributed by atoms with van der Waals surface area (Å²) in [5.74, 6) is -0.896. The molecule has 0 spiro atoms. The molecule has 3 heterocycles. The van der Waals surface area contributed by atoms with Gasteiger partial charge in [0.05, 0.1) is 16.8 Å². The maximum absolute atomic E-state index is 13.8. The minimum absolute atomic E-state index is 0.141. The summed E-state index contributed by atoms with van der Waals surface area (Å²) >= 11 is 1.38. The molecule has 5 aromatic rings. The molecule has 0 fully saturated rings. The SMILES string of the molecule is CC(=O)Nc1ccc(-c2csc3nc(NC(=O)c4cc(C)nc5ccc(F)cc45)nn23)cc1. The van der Waals surface area contributed by atoms with Crippen LogP contribution in [0.3, 0.4) is 0 Å². The summed E-state index contributed by atoms with van der Waals surface area (Å²) < 4.78 is 15.4. The average molecular weight is 460 g/mol. The molecule has 0 unspecified atom stereocenters. The van der Waals surface area contributed by atoms with E-state index in [0.29, 0.717) is 32.8 Å². The standard InChI is InChI=1S/C23H17FN6O2S/c1-12-9-18(17-10-15(24)5-8-19(17)25-12)21(32)27-22-28-23-30(29-22)20(11-33-23)14-3-6-16(7-4-14)26-13(2)31/h3-11H,1-2H3,(H,26,31)(H,27,29,32). The first-order chi connectivity index (χ1) is 15.9. The Morgan fingerprint density at radius 2 is 1.82 bits per heavy atom. The van der Waals surface area contributed by atoms with Crippen LogP contribution in [0, 0.1) is 12.7 Å². The number of nitrogens with zero attached hydrogens (tertiary/aromatic N) is 4. The van der Waals surface area contributed by atoms with Crippen LogP contribution in [0.5, 0.6) is 0 Å². The van der Waals surface area contributed by atoms with E-state index < -0.39 is 11.7 Å². The molecule has 0 radical (unpaired) electrons. The van der Waals surface area contributed by atoms with Gasteiger partial charge in [-0.25, -0.2) is 8.91 Å². The summed E-state index contributed by atoms with van der Waals surface area (Å²) in [6, 6.07) is 13.1. The lowest BCUT2D eigenvalue weighted by Gasteiger charge is -2.07. The van der Waals surface area contributed by atoms with Crippen molar-refractivity contribution >= 4 is 50.7 Å². The molecule has 2 N–H and O–H groups in total. The van der Waals surface area contributed by atoms with Crippen molar-refractivity contribution in [3.63, 3.8) is 0 Å². The van der Waals surface area contributed by atoms with Crippen LogP contribution < -0.4 is 10.6 Å². The highest BCUT2D eigenvalue weighted by molar-refractivity contribution is 7.15. The van der Waals surface area contributed by atoms with E-state index >= 15 is 0 Å². The summed E-state index contributed by atoms with van der Waals surface area (Å²) in [6.45, 7) is 3.22. The van der Waals surface area contributed by atoms with E-state index in [4.69, 9.17) is 0 Å². The number of anilines is 2. The van der Waals surface area contributed by atoms with Crippen LogP contribution in [0.4, 0.5) is 16.0 Å². The lowest BCUT2D eigenvalue weighted by atomic mass is 10.1. The van der Waals surface area contributed by atoms with E-state index in [1.54, 1.807) is 35.7 Å². The third kappa shape index (κ3) is 4.03. The Hall–Kier alpha value is -4.18. The van der Waals surface area contributed by atoms with Gasteiger partial charge in [0.1, 0.15) is 5.82 Å². The quantitative estimate of drug-likeness (QED) is 0.406. The zero-order chi connectivity index (χ0) is 23.1. The first-order valence-electron chi connectivity index (χ1n) is 9.98. The van der Waals surface area contributed by atoms with Crippen molar-refractivity contribution in [1.29, 1.82) is 0 Å². The van der Waals surface area contributed by atoms with Gasteiger partial charge in [0.2, 0.25) is 10.9 Å². The summed E-state index contributed by atoms with van der Waals surface area (Å²) in [5, 5.41) is 12.2. The van der Waals surface area contributed by atoms with E-state index in [2.05, 4.69) is 25.7 Å². The first kappa shape index (κ1) is 20.7. The Morgan fingerprint density at radius 3 is 2.58 bits per heavy atom. The number of carbonyl (C=O) groups is 2. The number of fused-ring (bicyclic) bond motifs is 2. The molecule has 3 aromatic heterocycles. The van der Waals surface area contributed by atoms with Gasteiger partial charge in [0, 0.05) is 34.6 Å². The molecular weight excluding hydrogens is 443 g/mol. The van der Waals surface area contributed by atoms with Crippen LogP contribution in [0.25, 0.3) is 27.1 Å². The molecule has 0 bridgehead atoms. The second-order valence-corrected chi connectivity index (χ2v) is 8.27. The summed E-state index contributed by atoms with van der Waals surface area (Å²) in [4.78, 5) is 33.6. The van der Waals surface area contributed by atoms with Crippen molar-refractivity contribution in [2.45, 2.75) is 13.8 Å². The average Bonchev–Trinajstić information content (AvgIpc) is 3.34. The normalized spacial score (nSPS) is 11.1. The molecule has 8 nitrogen and oxygen atoms in total. The number of halogens is 1. The van der Waals surface area contributed by atoms with Crippen LogP contribution in [0.15, 0.2) is 53.9 Å². The van der Waals surface area contributed by atoms with E-state index in [9.17, 15) is 14.0 Å². The molecule has 0 aliphatic rings. The van der Waals surface area contributed by atoms with Gasteiger partial charge < -0.3 is 5.32 Å². The molecule has 10 heteroatoms. The third-order valence-electron chi connectivity index (χ3n) is 4.95. The minimum atomic E-state index is -0.449. The van der Waals surface area contributed by atoms with Gasteiger partial charge in [-0.1, -0.05) is 12.1 Å². The molecule has 0 saturated heterocycles. The predicted molar refractivity (Wildman–Crippen MR) is 125 cm³/mol. The predicted octanol–water partition coefficient (Wildman–Crippen LogP) is 4.66. The van der Waals surface area contributed by atoms with Crippen LogP contribution in [-0.2, 0) is 4.79 Å². The molecule has 0 aliphatic heterocycles. The molecule has 2 aromatic carbocycles. The number of aryl methyl sites for hydroxylation is 1. The van der Waals surface area contributed by atoms with E-state index in [1.807, 2.05) is 17.5 Å². The first-order valence-corrected chi connectivity index (χ1v) is 10.9. The fourth-order valence-electron chi connectivity index (χ4n) is 3.55. The zero-order valence-corrected chi connectivity index (χ0v) is 18.4. The maximum atomic E-state index is 13.8. The Bertz CT molecular complexity index is 1540. The fourth-order valence-corrected chi connectivity index (χ4v) is 4.38. The smallest absolute Gasteiger partial charge is 0.258 e. The number of thiazole rings is 1. The highest BCUT2D eigenvalue weighted by Crippen LogP contribution is 2.27. The Balaban J connectivity index is 1.45. The highest BCUT2D eigenvalue weighted by atomic mass is 32.1. The Kier molecular flexibility index (Phi) is 5.06. The molecule has 0 atom stereocenters. The lowest BCUT2D eigenvalue weighted by Crippen LogP contribution is -2.14. The maximum Gasteiger partial charge on any atom is 0.258 e. The number of amides is 2. The van der Waals surface area contributed by atoms with Crippen LogP contribution in [0.2, 0.25) is 0 Å².